The molecule has 2 aromatic rings. The highest BCUT2D eigenvalue weighted by Gasteiger charge is 2.13. The van der Waals surface area contributed by atoms with Crippen LogP contribution in [0.1, 0.15) is 5.56 Å². The van der Waals surface area contributed by atoms with Gasteiger partial charge < -0.3 is 20.1 Å². The molecule has 1 amide bonds. The van der Waals surface area contributed by atoms with Gasteiger partial charge in [0.25, 0.3) is 5.91 Å². The average Bonchev–Trinajstić information content (AvgIpc) is 2.63. The Morgan fingerprint density at radius 1 is 1.15 bits per heavy atom. The van der Waals surface area contributed by atoms with Crippen LogP contribution in [0.15, 0.2) is 52.6 Å². The molecule has 0 heterocycles. The largest absolute Gasteiger partial charge is 0.497 e. The summed E-state index contributed by atoms with van der Waals surface area (Å²) in [6, 6.07) is 12.6. The third kappa shape index (κ3) is 4.77. The second-order valence-electron chi connectivity index (χ2n) is 5.29. The normalized spacial score (nSPS) is 10.7. The second-order valence-corrected chi connectivity index (χ2v) is 6.21. The molecule has 0 spiro atoms. The molecule has 0 atom stereocenters. The highest BCUT2D eigenvalue weighted by Crippen LogP contribution is 2.29. The molecule has 0 aliphatic heterocycles. The number of anilines is 2. The quantitative estimate of drug-likeness (QED) is 0.544. The minimum Gasteiger partial charge on any atom is -0.497 e. The fraction of sp³-hybridized carbons (Fsp3) is 0.158. The SMILES string of the molecule is COc1ccc(OC)c(NC(=O)/C(C#N)=C\Nc2ccc(Br)cc2C)c1. The molecule has 0 bridgehead atoms. The van der Waals surface area contributed by atoms with Crippen LogP contribution in [0, 0.1) is 18.3 Å². The van der Waals surface area contributed by atoms with Gasteiger partial charge in [-0.3, -0.25) is 4.79 Å². The maximum atomic E-state index is 12.4. The fourth-order valence-corrected chi connectivity index (χ4v) is 2.66. The maximum Gasteiger partial charge on any atom is 0.267 e. The van der Waals surface area contributed by atoms with E-state index in [1.54, 1.807) is 18.2 Å². The summed E-state index contributed by atoms with van der Waals surface area (Å²) in [5, 5.41) is 15.0. The Bertz CT molecular complexity index is 888. The number of carbonyl (C=O) groups excluding carboxylic acids is 1. The number of benzene rings is 2. The van der Waals surface area contributed by atoms with Gasteiger partial charge in [0.1, 0.15) is 23.1 Å². The van der Waals surface area contributed by atoms with Gasteiger partial charge in [-0.15, -0.1) is 0 Å². The summed E-state index contributed by atoms with van der Waals surface area (Å²) < 4.78 is 11.3. The molecule has 26 heavy (non-hydrogen) atoms. The van der Waals surface area contributed by atoms with E-state index in [1.165, 1.54) is 20.4 Å². The van der Waals surface area contributed by atoms with E-state index in [1.807, 2.05) is 31.2 Å². The molecule has 0 saturated heterocycles. The van der Waals surface area contributed by atoms with Crippen molar-refractivity contribution in [2.24, 2.45) is 0 Å². The number of nitrogens with one attached hydrogen (secondary N) is 2. The lowest BCUT2D eigenvalue weighted by atomic mass is 10.2. The summed E-state index contributed by atoms with van der Waals surface area (Å²) >= 11 is 3.39. The van der Waals surface area contributed by atoms with Gasteiger partial charge in [0.05, 0.1) is 19.9 Å². The second kappa shape index (κ2) is 8.92. The number of nitriles is 1. The highest BCUT2D eigenvalue weighted by molar-refractivity contribution is 9.10. The molecule has 0 aromatic heterocycles. The molecule has 134 valence electrons. The summed E-state index contributed by atoms with van der Waals surface area (Å²) in [6.45, 7) is 1.92. The number of rotatable bonds is 6. The van der Waals surface area contributed by atoms with E-state index in [2.05, 4.69) is 26.6 Å². The molecule has 0 unspecified atom stereocenters. The molecular weight excluding hydrogens is 398 g/mol. The van der Waals surface area contributed by atoms with Crippen LogP contribution in [-0.2, 0) is 4.79 Å². The van der Waals surface area contributed by atoms with E-state index in [0.29, 0.717) is 17.2 Å². The van der Waals surface area contributed by atoms with Gasteiger partial charge in [0.2, 0.25) is 0 Å². The van der Waals surface area contributed by atoms with Gasteiger partial charge in [0, 0.05) is 22.4 Å². The van der Waals surface area contributed by atoms with Crippen molar-refractivity contribution >= 4 is 33.2 Å². The monoisotopic (exact) mass is 415 g/mol. The van der Waals surface area contributed by atoms with Crippen molar-refractivity contribution in [3.63, 3.8) is 0 Å². The van der Waals surface area contributed by atoms with Crippen molar-refractivity contribution < 1.29 is 14.3 Å². The van der Waals surface area contributed by atoms with Crippen molar-refractivity contribution in [2.45, 2.75) is 6.92 Å². The number of ether oxygens (including phenoxy) is 2. The minimum atomic E-state index is -0.554. The van der Waals surface area contributed by atoms with Crippen LogP contribution in [0.2, 0.25) is 0 Å². The van der Waals surface area contributed by atoms with Crippen molar-refractivity contribution in [2.75, 3.05) is 24.9 Å². The number of hydrogen-bond acceptors (Lipinski definition) is 5. The highest BCUT2D eigenvalue weighted by atomic mass is 79.9. The molecule has 0 saturated carbocycles. The lowest BCUT2D eigenvalue weighted by Gasteiger charge is -2.11. The van der Waals surface area contributed by atoms with Gasteiger partial charge >= 0.3 is 0 Å². The minimum absolute atomic E-state index is 0.0720. The standard InChI is InChI=1S/C19H18BrN3O3/c1-12-8-14(20)4-6-16(12)22-11-13(10-21)19(24)23-17-9-15(25-2)5-7-18(17)26-3/h4-9,11,22H,1-3H3,(H,23,24)/b13-11-. The molecule has 0 fully saturated rings. The van der Waals surface area contributed by atoms with Crippen LogP contribution in [0.4, 0.5) is 11.4 Å². The van der Waals surface area contributed by atoms with E-state index in [4.69, 9.17) is 9.47 Å². The molecule has 0 aliphatic rings. The number of hydrogen-bond donors (Lipinski definition) is 2. The first-order valence-electron chi connectivity index (χ1n) is 7.64. The number of methoxy groups -OCH3 is 2. The van der Waals surface area contributed by atoms with E-state index in [9.17, 15) is 10.1 Å². The summed E-state index contributed by atoms with van der Waals surface area (Å²) in [5.74, 6) is 0.474. The van der Waals surface area contributed by atoms with Gasteiger partial charge in [0.15, 0.2) is 0 Å². The Morgan fingerprint density at radius 3 is 2.54 bits per heavy atom. The molecule has 0 aliphatic carbocycles. The molecule has 2 aromatic carbocycles. The summed E-state index contributed by atoms with van der Waals surface area (Å²) in [5.41, 5.74) is 2.12. The Labute approximate surface area is 160 Å². The van der Waals surface area contributed by atoms with Crippen molar-refractivity contribution in [1.29, 1.82) is 5.26 Å². The van der Waals surface area contributed by atoms with Crippen molar-refractivity contribution in [3.8, 4) is 17.6 Å². The number of aryl methyl sites for hydroxylation is 1. The topological polar surface area (TPSA) is 83.4 Å². The third-order valence-corrected chi connectivity index (χ3v) is 4.07. The van der Waals surface area contributed by atoms with Gasteiger partial charge in [-0.25, -0.2) is 0 Å². The van der Waals surface area contributed by atoms with Crippen LogP contribution in [0.3, 0.4) is 0 Å². The van der Waals surface area contributed by atoms with Crippen LogP contribution >= 0.6 is 15.9 Å². The average molecular weight is 416 g/mol. The fourth-order valence-electron chi connectivity index (χ4n) is 2.19. The van der Waals surface area contributed by atoms with Crippen LogP contribution in [0.5, 0.6) is 11.5 Å². The van der Waals surface area contributed by atoms with Crippen molar-refractivity contribution in [1.82, 2.24) is 0 Å². The smallest absolute Gasteiger partial charge is 0.267 e. The lowest BCUT2D eigenvalue weighted by molar-refractivity contribution is -0.112. The predicted octanol–water partition coefficient (Wildman–Crippen LogP) is 4.23. The third-order valence-electron chi connectivity index (χ3n) is 3.58. The van der Waals surface area contributed by atoms with Crippen LogP contribution < -0.4 is 20.1 Å². The van der Waals surface area contributed by atoms with Gasteiger partial charge in [-0.05, 0) is 42.8 Å². The summed E-state index contributed by atoms with van der Waals surface area (Å²) in [6.07, 6.45) is 1.37. The zero-order chi connectivity index (χ0) is 19.1. The number of amides is 1. The zero-order valence-corrected chi connectivity index (χ0v) is 16.2. The number of halogens is 1. The molecular formula is C19H18BrN3O3. The Balaban J connectivity index is 2.20. The molecule has 6 nitrogen and oxygen atoms in total. The molecule has 7 heteroatoms. The lowest BCUT2D eigenvalue weighted by Crippen LogP contribution is -2.15. The zero-order valence-electron chi connectivity index (χ0n) is 14.6. The summed E-state index contributed by atoms with van der Waals surface area (Å²) in [7, 11) is 3.02. The summed E-state index contributed by atoms with van der Waals surface area (Å²) in [4.78, 5) is 12.4. The van der Waals surface area contributed by atoms with E-state index < -0.39 is 5.91 Å². The van der Waals surface area contributed by atoms with E-state index in [0.717, 1.165) is 15.7 Å². The molecule has 2 N–H and O–H groups in total. The first-order valence-corrected chi connectivity index (χ1v) is 8.44. The number of nitrogens with zero attached hydrogens (tertiary/aromatic N) is 1. The van der Waals surface area contributed by atoms with E-state index in [-0.39, 0.29) is 5.57 Å². The van der Waals surface area contributed by atoms with Gasteiger partial charge in [-0.2, -0.15) is 5.26 Å². The van der Waals surface area contributed by atoms with Gasteiger partial charge in [-0.1, -0.05) is 15.9 Å². The van der Waals surface area contributed by atoms with Crippen LogP contribution in [0.25, 0.3) is 0 Å². The Hall–Kier alpha value is -2.98. The first-order chi connectivity index (χ1) is 12.5. The van der Waals surface area contributed by atoms with Crippen molar-refractivity contribution in [3.05, 3.63) is 58.2 Å². The first kappa shape index (κ1) is 19.3. The molecule has 0 radical (unpaired) electrons. The predicted molar refractivity (Wildman–Crippen MR) is 104 cm³/mol. The maximum absolute atomic E-state index is 12.4. The van der Waals surface area contributed by atoms with Crippen LogP contribution in [-0.4, -0.2) is 20.1 Å². The Kier molecular flexibility index (Phi) is 6.64. The number of carbonyl (C=O) groups is 1. The van der Waals surface area contributed by atoms with E-state index >= 15 is 0 Å². The molecule has 2 rings (SSSR count). The Morgan fingerprint density at radius 2 is 1.92 bits per heavy atom.